The van der Waals surface area contributed by atoms with Crippen molar-refractivity contribution in [3.63, 3.8) is 0 Å². The van der Waals surface area contributed by atoms with E-state index in [4.69, 9.17) is 11.6 Å². The van der Waals surface area contributed by atoms with Gasteiger partial charge in [0.1, 0.15) is 0 Å². The van der Waals surface area contributed by atoms with Gasteiger partial charge >= 0.3 is 5.97 Å². The van der Waals surface area contributed by atoms with E-state index in [1.54, 1.807) is 12.1 Å². The summed E-state index contributed by atoms with van der Waals surface area (Å²) in [5.74, 6) is -0.442. The maximum atomic E-state index is 11.4. The third-order valence-corrected chi connectivity index (χ3v) is 2.55. The van der Waals surface area contributed by atoms with Crippen LogP contribution >= 0.6 is 11.6 Å². The van der Waals surface area contributed by atoms with Crippen LogP contribution in [0.3, 0.4) is 0 Å². The van der Waals surface area contributed by atoms with Crippen LogP contribution in [-0.2, 0) is 4.74 Å². The van der Waals surface area contributed by atoms with Crippen molar-refractivity contribution in [1.29, 1.82) is 0 Å². The standard InChI is InChI=1S/C10H9ClN2O2/c1-5-6-3-7(10(14)15-2)8(11)4-9(6)13-12-5/h3-4H,1-2H3,(H,12,13). The molecule has 15 heavy (non-hydrogen) atoms. The lowest BCUT2D eigenvalue weighted by Crippen LogP contribution is -2.01. The number of carbonyl (C=O) groups is 1. The van der Waals surface area contributed by atoms with E-state index in [0.29, 0.717) is 10.6 Å². The Hall–Kier alpha value is -1.55. The molecule has 0 aliphatic rings. The number of hydrogen-bond donors (Lipinski definition) is 1. The smallest absolute Gasteiger partial charge is 0.339 e. The summed E-state index contributed by atoms with van der Waals surface area (Å²) in [5.41, 5.74) is 1.99. The monoisotopic (exact) mass is 224 g/mol. The van der Waals surface area contributed by atoms with Crippen molar-refractivity contribution in [1.82, 2.24) is 10.2 Å². The molecule has 5 heteroatoms. The lowest BCUT2D eigenvalue weighted by Gasteiger charge is -2.01. The molecule has 0 spiro atoms. The number of nitrogens with one attached hydrogen (secondary N) is 1. The summed E-state index contributed by atoms with van der Waals surface area (Å²) in [7, 11) is 1.32. The maximum Gasteiger partial charge on any atom is 0.339 e. The zero-order chi connectivity index (χ0) is 11.0. The first kappa shape index (κ1) is 9.98. The lowest BCUT2D eigenvalue weighted by atomic mass is 10.1. The number of esters is 1. The van der Waals surface area contributed by atoms with E-state index in [-0.39, 0.29) is 0 Å². The summed E-state index contributed by atoms with van der Waals surface area (Å²) in [4.78, 5) is 11.4. The number of halogens is 1. The predicted octanol–water partition coefficient (Wildman–Crippen LogP) is 2.31. The van der Waals surface area contributed by atoms with Crippen LogP contribution in [0.15, 0.2) is 12.1 Å². The van der Waals surface area contributed by atoms with Crippen LogP contribution < -0.4 is 0 Å². The van der Waals surface area contributed by atoms with Gasteiger partial charge in [-0.1, -0.05) is 11.6 Å². The van der Waals surface area contributed by atoms with Crippen LogP contribution in [0.4, 0.5) is 0 Å². The van der Waals surface area contributed by atoms with Gasteiger partial charge in [0.15, 0.2) is 0 Å². The van der Waals surface area contributed by atoms with Crippen molar-refractivity contribution in [3.8, 4) is 0 Å². The highest BCUT2D eigenvalue weighted by Crippen LogP contribution is 2.24. The van der Waals surface area contributed by atoms with Crippen LogP contribution in [0, 0.1) is 6.92 Å². The highest BCUT2D eigenvalue weighted by atomic mass is 35.5. The number of rotatable bonds is 1. The van der Waals surface area contributed by atoms with Gasteiger partial charge in [-0.3, -0.25) is 5.10 Å². The van der Waals surface area contributed by atoms with Gasteiger partial charge in [0, 0.05) is 11.1 Å². The minimum atomic E-state index is -0.442. The molecule has 0 aliphatic carbocycles. The second-order valence-corrected chi connectivity index (χ2v) is 3.60. The van der Waals surface area contributed by atoms with Gasteiger partial charge < -0.3 is 4.74 Å². The molecule has 0 amide bonds. The largest absolute Gasteiger partial charge is 0.465 e. The first-order valence-electron chi connectivity index (χ1n) is 4.36. The fourth-order valence-electron chi connectivity index (χ4n) is 1.43. The Morgan fingerprint density at radius 2 is 2.27 bits per heavy atom. The number of aryl methyl sites for hydroxylation is 1. The molecule has 1 heterocycles. The molecule has 78 valence electrons. The van der Waals surface area contributed by atoms with Gasteiger partial charge in [0.25, 0.3) is 0 Å². The Labute approximate surface area is 91.2 Å². The van der Waals surface area contributed by atoms with Crippen LogP contribution in [0.25, 0.3) is 10.9 Å². The second-order valence-electron chi connectivity index (χ2n) is 3.19. The van der Waals surface area contributed by atoms with E-state index in [2.05, 4.69) is 14.9 Å². The fourth-order valence-corrected chi connectivity index (χ4v) is 1.66. The Kier molecular flexibility index (Phi) is 2.36. The molecule has 4 nitrogen and oxygen atoms in total. The molecule has 1 aromatic heterocycles. The SMILES string of the molecule is COC(=O)c1cc2c(C)[nH]nc2cc1Cl. The van der Waals surface area contributed by atoms with Crippen molar-refractivity contribution in [3.05, 3.63) is 28.4 Å². The number of H-pyrrole nitrogens is 1. The van der Waals surface area contributed by atoms with E-state index in [0.717, 1.165) is 16.6 Å². The van der Waals surface area contributed by atoms with Crippen molar-refractivity contribution < 1.29 is 9.53 Å². The molecule has 2 aromatic rings. The zero-order valence-corrected chi connectivity index (χ0v) is 9.05. The van der Waals surface area contributed by atoms with Gasteiger partial charge in [-0.25, -0.2) is 4.79 Å². The average molecular weight is 225 g/mol. The molecular weight excluding hydrogens is 216 g/mol. The van der Waals surface area contributed by atoms with Crippen LogP contribution in [-0.4, -0.2) is 23.3 Å². The average Bonchev–Trinajstić information content (AvgIpc) is 2.58. The van der Waals surface area contributed by atoms with Crippen LogP contribution in [0.1, 0.15) is 16.1 Å². The number of benzene rings is 1. The maximum absolute atomic E-state index is 11.4. The molecule has 0 aliphatic heterocycles. The predicted molar refractivity (Wildman–Crippen MR) is 57.2 cm³/mol. The minimum Gasteiger partial charge on any atom is -0.465 e. The highest BCUT2D eigenvalue weighted by Gasteiger charge is 2.13. The molecule has 0 atom stereocenters. The van der Waals surface area contributed by atoms with Gasteiger partial charge in [0.05, 0.1) is 23.2 Å². The molecule has 0 fully saturated rings. The van der Waals surface area contributed by atoms with E-state index in [9.17, 15) is 4.79 Å². The summed E-state index contributed by atoms with van der Waals surface area (Å²) >= 11 is 5.93. The van der Waals surface area contributed by atoms with Gasteiger partial charge in [-0.2, -0.15) is 5.10 Å². The van der Waals surface area contributed by atoms with Crippen molar-refractivity contribution in [2.75, 3.05) is 7.11 Å². The molecule has 0 bridgehead atoms. The number of aromatic nitrogens is 2. The summed E-state index contributed by atoms with van der Waals surface area (Å²) < 4.78 is 4.63. The van der Waals surface area contributed by atoms with Gasteiger partial charge in [-0.15, -0.1) is 0 Å². The van der Waals surface area contributed by atoms with E-state index < -0.39 is 5.97 Å². The van der Waals surface area contributed by atoms with Crippen molar-refractivity contribution >= 4 is 28.5 Å². The number of carbonyl (C=O) groups excluding carboxylic acids is 1. The molecule has 0 saturated heterocycles. The number of methoxy groups -OCH3 is 1. The minimum absolute atomic E-state index is 0.348. The van der Waals surface area contributed by atoms with Crippen molar-refractivity contribution in [2.45, 2.75) is 6.92 Å². The number of fused-ring (bicyclic) bond motifs is 1. The van der Waals surface area contributed by atoms with Gasteiger partial charge in [0.2, 0.25) is 0 Å². The molecule has 0 unspecified atom stereocenters. The summed E-state index contributed by atoms with van der Waals surface area (Å²) in [6.45, 7) is 1.88. The van der Waals surface area contributed by atoms with Crippen LogP contribution in [0.5, 0.6) is 0 Å². The molecule has 1 aromatic carbocycles. The molecule has 1 N–H and O–H groups in total. The fraction of sp³-hybridized carbons (Fsp3) is 0.200. The summed E-state index contributed by atoms with van der Waals surface area (Å²) in [6, 6.07) is 3.33. The Balaban J connectivity index is 2.70. The lowest BCUT2D eigenvalue weighted by molar-refractivity contribution is 0.0601. The molecular formula is C10H9ClN2O2. The second kappa shape index (κ2) is 3.55. The molecule has 0 radical (unpaired) electrons. The van der Waals surface area contributed by atoms with E-state index >= 15 is 0 Å². The Morgan fingerprint density at radius 3 is 2.93 bits per heavy atom. The summed E-state index contributed by atoms with van der Waals surface area (Å²) in [5, 5.41) is 8.09. The highest BCUT2D eigenvalue weighted by molar-refractivity contribution is 6.34. The number of aromatic amines is 1. The van der Waals surface area contributed by atoms with Gasteiger partial charge in [-0.05, 0) is 19.1 Å². The molecule has 0 saturated carbocycles. The normalized spacial score (nSPS) is 10.6. The summed E-state index contributed by atoms with van der Waals surface area (Å²) in [6.07, 6.45) is 0. The first-order valence-corrected chi connectivity index (χ1v) is 4.74. The molecule has 2 rings (SSSR count). The third kappa shape index (κ3) is 1.57. The Bertz CT molecular complexity index is 533. The van der Waals surface area contributed by atoms with Crippen LogP contribution in [0.2, 0.25) is 5.02 Å². The van der Waals surface area contributed by atoms with E-state index in [1.807, 2.05) is 6.92 Å². The third-order valence-electron chi connectivity index (χ3n) is 2.24. The Morgan fingerprint density at radius 1 is 1.53 bits per heavy atom. The van der Waals surface area contributed by atoms with E-state index in [1.165, 1.54) is 7.11 Å². The first-order chi connectivity index (χ1) is 7.13. The number of nitrogens with zero attached hydrogens (tertiary/aromatic N) is 1. The topological polar surface area (TPSA) is 55.0 Å². The number of hydrogen-bond acceptors (Lipinski definition) is 3. The zero-order valence-electron chi connectivity index (χ0n) is 8.30. The van der Waals surface area contributed by atoms with Crippen molar-refractivity contribution in [2.24, 2.45) is 0 Å². The quantitative estimate of drug-likeness (QED) is 0.757. The number of ether oxygens (including phenoxy) is 1.